The van der Waals surface area contributed by atoms with Gasteiger partial charge in [-0.2, -0.15) is 15.0 Å². The predicted octanol–water partition coefficient (Wildman–Crippen LogP) is 1.47. The summed E-state index contributed by atoms with van der Waals surface area (Å²) < 4.78 is 1.95. The molecule has 0 radical (unpaired) electrons. The minimum absolute atomic E-state index is 0.241. The first-order chi connectivity index (χ1) is 10.3. The van der Waals surface area contributed by atoms with E-state index in [2.05, 4.69) is 15.1 Å². The van der Waals surface area contributed by atoms with Crippen molar-refractivity contribution >= 4 is 5.91 Å². The standard InChI is InChI=1S/C15H19N5O/c21-15(11-18-7-1-2-8-18)19-12-3-4-13(19)10-14(9-12)20-16-5-6-17-20/h1-2,5-8,12-14H,3-4,9-11H2. The molecular formula is C15H19N5O. The Morgan fingerprint density at radius 1 is 1.00 bits per heavy atom. The molecule has 2 aliphatic heterocycles. The van der Waals surface area contributed by atoms with Crippen molar-refractivity contribution in [1.29, 1.82) is 0 Å². The van der Waals surface area contributed by atoms with Gasteiger partial charge in [0.1, 0.15) is 6.54 Å². The lowest BCUT2D eigenvalue weighted by molar-refractivity contribution is -0.137. The normalized spacial score (nSPS) is 28.0. The molecule has 6 heteroatoms. The van der Waals surface area contributed by atoms with Crippen molar-refractivity contribution in [3.63, 3.8) is 0 Å². The number of aromatic nitrogens is 4. The van der Waals surface area contributed by atoms with E-state index in [4.69, 9.17) is 0 Å². The molecule has 4 rings (SSSR count). The van der Waals surface area contributed by atoms with Crippen molar-refractivity contribution in [2.24, 2.45) is 0 Å². The van der Waals surface area contributed by atoms with Crippen molar-refractivity contribution in [2.45, 2.75) is 50.4 Å². The van der Waals surface area contributed by atoms with Gasteiger partial charge in [0.2, 0.25) is 5.91 Å². The van der Waals surface area contributed by atoms with Gasteiger partial charge in [0.15, 0.2) is 0 Å². The maximum absolute atomic E-state index is 12.6. The second-order valence-corrected chi connectivity index (χ2v) is 6.02. The molecule has 2 saturated heterocycles. The zero-order valence-corrected chi connectivity index (χ0v) is 11.9. The molecule has 6 nitrogen and oxygen atoms in total. The van der Waals surface area contributed by atoms with Gasteiger partial charge in [-0.1, -0.05) is 0 Å². The third-order valence-electron chi connectivity index (χ3n) is 4.74. The molecule has 0 N–H and O–H groups in total. The summed E-state index contributed by atoms with van der Waals surface area (Å²) >= 11 is 0. The molecular weight excluding hydrogens is 266 g/mol. The second kappa shape index (κ2) is 5.02. The van der Waals surface area contributed by atoms with Crippen LogP contribution in [0.5, 0.6) is 0 Å². The molecule has 4 heterocycles. The van der Waals surface area contributed by atoms with E-state index in [-0.39, 0.29) is 5.91 Å². The summed E-state index contributed by atoms with van der Waals surface area (Å²) in [7, 11) is 0. The fourth-order valence-electron chi connectivity index (χ4n) is 3.87. The average Bonchev–Trinajstić information content (AvgIpc) is 3.20. The van der Waals surface area contributed by atoms with Crippen LogP contribution in [-0.2, 0) is 11.3 Å². The molecule has 2 bridgehead atoms. The van der Waals surface area contributed by atoms with Crippen LogP contribution in [0.4, 0.5) is 0 Å². The van der Waals surface area contributed by atoms with E-state index in [0.717, 1.165) is 25.7 Å². The van der Waals surface area contributed by atoms with Gasteiger partial charge in [0, 0.05) is 24.5 Å². The maximum atomic E-state index is 12.6. The lowest BCUT2D eigenvalue weighted by Crippen LogP contribution is -2.48. The molecule has 21 heavy (non-hydrogen) atoms. The van der Waals surface area contributed by atoms with Crippen molar-refractivity contribution in [3.05, 3.63) is 36.9 Å². The van der Waals surface area contributed by atoms with E-state index in [1.165, 1.54) is 0 Å². The smallest absolute Gasteiger partial charge is 0.242 e. The summed E-state index contributed by atoms with van der Waals surface area (Å²) in [6.45, 7) is 0.449. The monoisotopic (exact) mass is 285 g/mol. The number of carbonyl (C=O) groups is 1. The number of fused-ring (bicyclic) bond motifs is 2. The number of nitrogens with zero attached hydrogens (tertiary/aromatic N) is 5. The quantitative estimate of drug-likeness (QED) is 0.858. The Hall–Kier alpha value is -2.11. The lowest BCUT2D eigenvalue weighted by Gasteiger charge is -2.38. The number of hydrogen-bond acceptors (Lipinski definition) is 3. The van der Waals surface area contributed by atoms with Crippen LogP contribution in [0, 0.1) is 0 Å². The van der Waals surface area contributed by atoms with Gasteiger partial charge in [0.05, 0.1) is 18.4 Å². The van der Waals surface area contributed by atoms with Crippen LogP contribution >= 0.6 is 0 Å². The second-order valence-electron chi connectivity index (χ2n) is 6.02. The van der Waals surface area contributed by atoms with Crippen LogP contribution in [0.15, 0.2) is 36.9 Å². The first-order valence-corrected chi connectivity index (χ1v) is 7.59. The van der Waals surface area contributed by atoms with Gasteiger partial charge in [-0.25, -0.2) is 0 Å². The van der Waals surface area contributed by atoms with Crippen LogP contribution in [0.25, 0.3) is 0 Å². The summed E-state index contributed by atoms with van der Waals surface area (Å²) in [6.07, 6.45) is 11.5. The van der Waals surface area contributed by atoms with Gasteiger partial charge in [-0.3, -0.25) is 4.79 Å². The summed E-state index contributed by atoms with van der Waals surface area (Å²) in [5.74, 6) is 0.241. The molecule has 0 aromatic carbocycles. The zero-order valence-electron chi connectivity index (χ0n) is 11.9. The molecule has 0 spiro atoms. The average molecular weight is 285 g/mol. The van der Waals surface area contributed by atoms with Crippen molar-refractivity contribution in [1.82, 2.24) is 24.5 Å². The third-order valence-corrected chi connectivity index (χ3v) is 4.74. The molecule has 2 aromatic rings. The van der Waals surface area contributed by atoms with Gasteiger partial charge >= 0.3 is 0 Å². The van der Waals surface area contributed by atoms with Crippen LogP contribution in [0.2, 0.25) is 0 Å². The predicted molar refractivity (Wildman–Crippen MR) is 76.4 cm³/mol. The number of hydrogen-bond donors (Lipinski definition) is 0. The van der Waals surface area contributed by atoms with Gasteiger partial charge < -0.3 is 9.47 Å². The largest absolute Gasteiger partial charge is 0.345 e. The van der Waals surface area contributed by atoms with Gasteiger partial charge in [-0.15, -0.1) is 0 Å². The fraction of sp³-hybridized carbons (Fsp3) is 0.533. The van der Waals surface area contributed by atoms with E-state index < -0.39 is 0 Å². The number of amides is 1. The zero-order chi connectivity index (χ0) is 14.2. The minimum Gasteiger partial charge on any atom is -0.345 e. The Kier molecular flexibility index (Phi) is 3.02. The highest BCUT2D eigenvalue weighted by atomic mass is 16.2. The Bertz CT molecular complexity index is 592. The highest BCUT2D eigenvalue weighted by Gasteiger charge is 2.43. The summed E-state index contributed by atoms with van der Waals surface area (Å²) in [5.41, 5.74) is 0. The maximum Gasteiger partial charge on any atom is 0.242 e. The number of rotatable bonds is 3. The summed E-state index contributed by atoms with van der Waals surface area (Å²) in [5, 5.41) is 8.53. The van der Waals surface area contributed by atoms with Gasteiger partial charge in [-0.05, 0) is 37.8 Å². The SMILES string of the molecule is O=C(Cn1cccc1)N1C2CCC1CC(n1nccn1)C2. The molecule has 2 aromatic heterocycles. The number of piperidine rings is 1. The van der Waals surface area contributed by atoms with Crippen molar-refractivity contribution in [2.75, 3.05) is 0 Å². The first kappa shape index (κ1) is 12.6. The summed E-state index contributed by atoms with van der Waals surface area (Å²) in [6, 6.07) is 4.95. The molecule has 2 unspecified atom stereocenters. The number of carbonyl (C=O) groups excluding carboxylic acids is 1. The summed E-state index contributed by atoms with van der Waals surface area (Å²) in [4.78, 5) is 16.5. The molecule has 2 aliphatic rings. The molecule has 0 aliphatic carbocycles. The van der Waals surface area contributed by atoms with E-state index in [1.54, 1.807) is 12.4 Å². The molecule has 0 saturated carbocycles. The highest BCUT2D eigenvalue weighted by Crippen LogP contribution is 2.40. The lowest BCUT2D eigenvalue weighted by atomic mass is 9.97. The van der Waals surface area contributed by atoms with Crippen molar-refractivity contribution < 1.29 is 4.79 Å². The molecule has 110 valence electrons. The van der Waals surface area contributed by atoms with E-state index in [9.17, 15) is 4.79 Å². The van der Waals surface area contributed by atoms with Gasteiger partial charge in [0.25, 0.3) is 0 Å². The Morgan fingerprint density at radius 3 is 2.24 bits per heavy atom. The topological polar surface area (TPSA) is 56.0 Å². The van der Waals surface area contributed by atoms with E-state index in [1.807, 2.05) is 33.9 Å². The van der Waals surface area contributed by atoms with E-state index >= 15 is 0 Å². The third kappa shape index (κ3) is 2.24. The van der Waals surface area contributed by atoms with Crippen LogP contribution in [-0.4, -0.2) is 42.5 Å². The highest BCUT2D eigenvalue weighted by molar-refractivity contribution is 5.77. The Balaban J connectivity index is 1.48. The van der Waals surface area contributed by atoms with Crippen LogP contribution in [0.3, 0.4) is 0 Å². The first-order valence-electron chi connectivity index (χ1n) is 7.59. The van der Waals surface area contributed by atoms with Crippen LogP contribution in [0.1, 0.15) is 31.7 Å². The molecule has 2 atom stereocenters. The minimum atomic E-state index is 0.241. The molecule has 2 fully saturated rings. The molecule has 1 amide bonds. The fourth-order valence-corrected chi connectivity index (χ4v) is 3.87. The van der Waals surface area contributed by atoms with Crippen molar-refractivity contribution in [3.8, 4) is 0 Å². The Labute approximate surface area is 123 Å². The van der Waals surface area contributed by atoms with Crippen LogP contribution < -0.4 is 0 Å². The van der Waals surface area contributed by atoms with E-state index in [0.29, 0.717) is 24.7 Å². The Morgan fingerprint density at radius 2 is 1.62 bits per heavy atom.